The highest BCUT2D eigenvalue weighted by atomic mass is 16.6. The number of carbonyl (C=O) groups excluding carboxylic acids is 3. The van der Waals surface area contributed by atoms with E-state index in [1.807, 2.05) is 13.0 Å². The zero-order valence-corrected chi connectivity index (χ0v) is 17.9. The third kappa shape index (κ3) is 2.66. The Morgan fingerprint density at radius 1 is 1.28 bits per heavy atom. The second-order valence-electron chi connectivity index (χ2n) is 9.96. The van der Waals surface area contributed by atoms with Gasteiger partial charge in [0.2, 0.25) is 0 Å². The summed E-state index contributed by atoms with van der Waals surface area (Å²) in [6.07, 6.45) is 8.46. The van der Waals surface area contributed by atoms with Crippen LogP contribution in [-0.2, 0) is 19.1 Å². The van der Waals surface area contributed by atoms with Gasteiger partial charge in [0.05, 0.1) is 6.10 Å². The van der Waals surface area contributed by atoms with Gasteiger partial charge in [0.1, 0.15) is 0 Å². The summed E-state index contributed by atoms with van der Waals surface area (Å²) in [5.74, 6) is -0.00307. The zero-order valence-electron chi connectivity index (χ0n) is 17.9. The average Bonchev–Trinajstić information content (AvgIpc) is 2.94. The molecule has 0 radical (unpaired) electrons. The third-order valence-corrected chi connectivity index (χ3v) is 8.76. The quantitative estimate of drug-likeness (QED) is 0.733. The first-order chi connectivity index (χ1) is 13.6. The van der Waals surface area contributed by atoms with Crippen LogP contribution < -0.4 is 0 Å². The van der Waals surface area contributed by atoms with Crippen LogP contribution in [-0.4, -0.2) is 34.3 Å². The monoisotopic (exact) mass is 400 g/mol. The number of aliphatic hydroxyl groups excluding tert-OH is 1. The molecule has 4 rings (SSSR count). The lowest BCUT2D eigenvalue weighted by Gasteiger charge is -2.59. The number of esters is 1. The summed E-state index contributed by atoms with van der Waals surface area (Å²) >= 11 is 0. The Morgan fingerprint density at radius 3 is 2.66 bits per heavy atom. The van der Waals surface area contributed by atoms with Crippen molar-refractivity contribution >= 4 is 17.5 Å². The predicted molar refractivity (Wildman–Crippen MR) is 108 cm³/mol. The van der Waals surface area contributed by atoms with Gasteiger partial charge in [-0.3, -0.25) is 14.4 Å². The van der Waals surface area contributed by atoms with Crippen molar-refractivity contribution < 1.29 is 24.2 Å². The normalized spacial score (nSPS) is 45.7. The Hall–Kier alpha value is -1.75. The molecule has 3 saturated carbocycles. The van der Waals surface area contributed by atoms with Crippen molar-refractivity contribution in [2.24, 2.45) is 28.6 Å². The van der Waals surface area contributed by atoms with Crippen LogP contribution in [0, 0.1) is 28.6 Å². The molecule has 1 N–H and O–H groups in total. The van der Waals surface area contributed by atoms with Gasteiger partial charge in [-0.25, -0.2) is 0 Å². The summed E-state index contributed by atoms with van der Waals surface area (Å²) in [7, 11) is 0. The number of rotatable bonds is 3. The maximum absolute atomic E-state index is 12.9. The number of allylic oxidation sites excluding steroid dienone is 4. The average molecular weight is 401 g/mol. The van der Waals surface area contributed by atoms with Gasteiger partial charge in [0.25, 0.3) is 0 Å². The standard InChI is InChI=1S/C24H32O5/c1-5-20(28)29-24(14(2)25)11-9-18-17-7-6-15-12-16(26)8-10-22(15,3)21(17)19(27)13-23(18,24)4/h8,10,12,17-19,21,27H,5-7,9,11,13H2,1-4H3/t17-,18-,19?,21+,22-,23-,24-/m0/s1. The van der Waals surface area contributed by atoms with Gasteiger partial charge in [-0.1, -0.05) is 32.4 Å². The maximum atomic E-state index is 12.9. The smallest absolute Gasteiger partial charge is 0.306 e. The molecule has 0 saturated heterocycles. The molecule has 0 aromatic rings. The second-order valence-corrected chi connectivity index (χ2v) is 9.96. The number of ketones is 2. The number of hydrogen-bond acceptors (Lipinski definition) is 5. The van der Waals surface area contributed by atoms with E-state index in [2.05, 4.69) is 6.92 Å². The molecule has 0 amide bonds. The van der Waals surface area contributed by atoms with E-state index in [0.29, 0.717) is 12.8 Å². The van der Waals surface area contributed by atoms with Gasteiger partial charge in [-0.15, -0.1) is 0 Å². The zero-order chi connectivity index (χ0) is 21.2. The van der Waals surface area contributed by atoms with Crippen LogP contribution in [0.15, 0.2) is 23.8 Å². The fraction of sp³-hybridized carbons (Fsp3) is 0.708. The van der Waals surface area contributed by atoms with E-state index in [0.717, 1.165) is 24.8 Å². The first-order valence-corrected chi connectivity index (χ1v) is 10.9. The highest BCUT2D eigenvalue weighted by Crippen LogP contribution is 2.67. The van der Waals surface area contributed by atoms with E-state index in [1.165, 1.54) is 6.92 Å². The Kier molecular flexibility index (Phi) is 4.69. The van der Waals surface area contributed by atoms with Gasteiger partial charge in [0, 0.05) is 23.2 Å². The Labute approximate surface area is 172 Å². The van der Waals surface area contributed by atoms with Crippen molar-refractivity contribution in [3.05, 3.63) is 23.8 Å². The van der Waals surface area contributed by atoms with E-state index in [9.17, 15) is 19.5 Å². The summed E-state index contributed by atoms with van der Waals surface area (Å²) in [4.78, 5) is 37.0. The summed E-state index contributed by atoms with van der Waals surface area (Å²) in [5, 5.41) is 11.4. The van der Waals surface area contributed by atoms with Gasteiger partial charge in [-0.2, -0.15) is 0 Å². The van der Waals surface area contributed by atoms with Crippen molar-refractivity contribution in [1.82, 2.24) is 0 Å². The van der Waals surface area contributed by atoms with Gasteiger partial charge >= 0.3 is 5.97 Å². The van der Waals surface area contributed by atoms with Crippen molar-refractivity contribution in [3.8, 4) is 0 Å². The molecule has 0 aliphatic heterocycles. The summed E-state index contributed by atoms with van der Waals surface area (Å²) in [6, 6.07) is 0. The molecule has 4 aliphatic rings. The maximum Gasteiger partial charge on any atom is 0.306 e. The van der Waals surface area contributed by atoms with E-state index in [4.69, 9.17) is 4.74 Å². The molecule has 0 aromatic heterocycles. The fourth-order valence-corrected chi connectivity index (χ4v) is 7.40. The first kappa shape index (κ1) is 20.5. The van der Waals surface area contributed by atoms with Crippen LogP contribution in [0.25, 0.3) is 0 Å². The van der Waals surface area contributed by atoms with Crippen LogP contribution in [0.3, 0.4) is 0 Å². The molecule has 158 valence electrons. The molecular formula is C24H32O5. The van der Waals surface area contributed by atoms with Crippen LogP contribution in [0.5, 0.6) is 0 Å². The number of hydrogen-bond donors (Lipinski definition) is 1. The number of Topliss-reactive ketones (excluding diaryl/α,β-unsaturated/α-hetero) is 1. The van der Waals surface area contributed by atoms with Gasteiger partial charge in [-0.05, 0) is 63.0 Å². The molecule has 5 nitrogen and oxygen atoms in total. The lowest BCUT2D eigenvalue weighted by atomic mass is 9.46. The van der Waals surface area contributed by atoms with E-state index in [1.54, 1.807) is 19.1 Å². The van der Waals surface area contributed by atoms with Crippen LogP contribution >= 0.6 is 0 Å². The molecule has 29 heavy (non-hydrogen) atoms. The first-order valence-electron chi connectivity index (χ1n) is 10.9. The topological polar surface area (TPSA) is 80.7 Å². The number of fused-ring (bicyclic) bond motifs is 5. The lowest BCUT2D eigenvalue weighted by molar-refractivity contribution is -0.197. The number of ether oxygens (including phenoxy) is 1. The van der Waals surface area contributed by atoms with Crippen molar-refractivity contribution in [1.29, 1.82) is 0 Å². The number of aliphatic hydroxyl groups is 1. The summed E-state index contributed by atoms with van der Waals surface area (Å²) < 4.78 is 5.89. The van der Waals surface area contributed by atoms with Crippen molar-refractivity contribution in [2.75, 3.05) is 0 Å². The minimum absolute atomic E-state index is 0.00885. The molecule has 0 heterocycles. The molecule has 3 fully saturated rings. The molecule has 1 unspecified atom stereocenters. The molecule has 7 atom stereocenters. The second kappa shape index (κ2) is 6.63. The van der Waals surface area contributed by atoms with Crippen LogP contribution in [0.4, 0.5) is 0 Å². The summed E-state index contributed by atoms with van der Waals surface area (Å²) in [5.41, 5.74) is -0.941. The third-order valence-electron chi connectivity index (χ3n) is 8.76. The minimum atomic E-state index is -1.15. The minimum Gasteiger partial charge on any atom is -0.450 e. The van der Waals surface area contributed by atoms with Crippen molar-refractivity contribution in [3.63, 3.8) is 0 Å². The molecule has 5 heteroatoms. The molecule has 0 spiro atoms. The van der Waals surface area contributed by atoms with E-state index in [-0.39, 0.29) is 47.1 Å². The summed E-state index contributed by atoms with van der Waals surface area (Å²) in [6.45, 7) is 7.44. The molecule has 0 bridgehead atoms. The SMILES string of the molecule is CCC(=O)O[C@]1(C(C)=O)CC[C@H]2[C@@H]3CCC4=CC(=O)C=C[C@]4(C)[C@H]3C(O)C[C@@]21C. The predicted octanol–water partition coefficient (Wildman–Crippen LogP) is 3.55. The van der Waals surface area contributed by atoms with Crippen LogP contribution in [0.1, 0.15) is 66.2 Å². The molecule has 4 aliphatic carbocycles. The largest absolute Gasteiger partial charge is 0.450 e. The lowest BCUT2D eigenvalue weighted by Crippen LogP contribution is -2.62. The highest BCUT2D eigenvalue weighted by molar-refractivity contribution is 6.01. The number of carbonyl (C=O) groups is 3. The van der Waals surface area contributed by atoms with Gasteiger partial charge < -0.3 is 9.84 Å². The highest BCUT2D eigenvalue weighted by Gasteiger charge is 2.69. The fourth-order valence-electron chi connectivity index (χ4n) is 7.40. The van der Waals surface area contributed by atoms with Crippen molar-refractivity contribution in [2.45, 2.75) is 77.9 Å². The van der Waals surface area contributed by atoms with E-state index >= 15 is 0 Å². The Balaban J connectivity index is 1.75. The van der Waals surface area contributed by atoms with Crippen LogP contribution in [0.2, 0.25) is 0 Å². The molecule has 0 aromatic carbocycles. The van der Waals surface area contributed by atoms with Gasteiger partial charge in [0.15, 0.2) is 17.2 Å². The Bertz CT molecular complexity index is 825. The Morgan fingerprint density at radius 2 is 2.00 bits per heavy atom. The van der Waals surface area contributed by atoms with E-state index < -0.39 is 17.1 Å². The molecular weight excluding hydrogens is 368 g/mol.